The largest absolute Gasteiger partial charge is 0.481 e. The third kappa shape index (κ3) is 1.35. The van der Waals surface area contributed by atoms with Crippen molar-refractivity contribution in [1.29, 1.82) is 0 Å². The van der Waals surface area contributed by atoms with Crippen LogP contribution in [0.1, 0.15) is 32.1 Å². The topological polar surface area (TPSA) is 63.3 Å². The molecule has 2 aliphatic carbocycles. The van der Waals surface area contributed by atoms with E-state index in [1.165, 1.54) is 12.8 Å². The minimum atomic E-state index is -0.654. The molecule has 0 bridgehead atoms. The van der Waals surface area contributed by atoms with Crippen LogP contribution in [0.25, 0.3) is 0 Å². The zero-order valence-corrected chi connectivity index (χ0v) is 7.83. The van der Waals surface area contributed by atoms with E-state index in [0.29, 0.717) is 17.8 Å². The monoisotopic (exact) mass is 183 g/mol. The standard InChI is InChI=1S/C10H17NO2/c11-6-10-2-1-8(10)3-7(5-10)4-9(12)13/h7-8H,1-6,11H2,(H,12,13). The fourth-order valence-electron chi connectivity index (χ4n) is 3.21. The number of aliphatic carboxylic acids is 1. The molecule has 0 spiro atoms. The summed E-state index contributed by atoms with van der Waals surface area (Å²) in [6, 6.07) is 0. The first-order chi connectivity index (χ1) is 6.16. The molecule has 3 unspecified atom stereocenters. The van der Waals surface area contributed by atoms with Gasteiger partial charge in [0, 0.05) is 6.42 Å². The average molecular weight is 183 g/mol. The molecule has 3 nitrogen and oxygen atoms in total. The predicted molar refractivity (Wildman–Crippen MR) is 49.2 cm³/mol. The summed E-state index contributed by atoms with van der Waals surface area (Å²) in [5.74, 6) is 0.480. The van der Waals surface area contributed by atoms with Crippen molar-refractivity contribution in [3.8, 4) is 0 Å². The number of hydrogen-bond acceptors (Lipinski definition) is 2. The third-order valence-corrected chi connectivity index (χ3v) is 4.04. The van der Waals surface area contributed by atoms with Crippen LogP contribution in [-0.2, 0) is 4.79 Å². The summed E-state index contributed by atoms with van der Waals surface area (Å²) >= 11 is 0. The number of carboxylic acid groups (broad SMARTS) is 1. The van der Waals surface area contributed by atoms with Crippen LogP contribution in [-0.4, -0.2) is 17.6 Å². The van der Waals surface area contributed by atoms with Crippen molar-refractivity contribution in [1.82, 2.24) is 0 Å². The molecule has 0 amide bonds. The Labute approximate surface area is 78.3 Å². The fraction of sp³-hybridized carbons (Fsp3) is 0.900. The van der Waals surface area contributed by atoms with Crippen molar-refractivity contribution in [2.75, 3.05) is 6.54 Å². The van der Waals surface area contributed by atoms with Crippen molar-refractivity contribution < 1.29 is 9.90 Å². The van der Waals surface area contributed by atoms with Crippen molar-refractivity contribution in [3.63, 3.8) is 0 Å². The molecule has 3 N–H and O–H groups in total. The number of rotatable bonds is 3. The molecule has 3 heteroatoms. The van der Waals surface area contributed by atoms with Crippen LogP contribution >= 0.6 is 0 Å². The van der Waals surface area contributed by atoms with Crippen molar-refractivity contribution in [2.24, 2.45) is 23.0 Å². The minimum Gasteiger partial charge on any atom is -0.481 e. The van der Waals surface area contributed by atoms with Gasteiger partial charge in [-0.3, -0.25) is 4.79 Å². The molecule has 2 saturated carbocycles. The Morgan fingerprint density at radius 2 is 2.38 bits per heavy atom. The minimum absolute atomic E-state index is 0.345. The van der Waals surface area contributed by atoms with E-state index in [2.05, 4.69) is 0 Å². The summed E-state index contributed by atoms with van der Waals surface area (Å²) in [7, 11) is 0. The molecule has 0 aromatic carbocycles. The third-order valence-electron chi connectivity index (χ3n) is 4.04. The van der Waals surface area contributed by atoms with Gasteiger partial charge in [0.1, 0.15) is 0 Å². The number of carboxylic acids is 1. The molecular weight excluding hydrogens is 166 g/mol. The van der Waals surface area contributed by atoms with Crippen LogP contribution in [0.3, 0.4) is 0 Å². The number of carbonyl (C=O) groups is 1. The first kappa shape index (κ1) is 9.00. The lowest BCUT2D eigenvalue weighted by Crippen LogP contribution is -2.42. The SMILES string of the molecule is NCC12CCC1CC(CC(=O)O)C2. The maximum atomic E-state index is 10.6. The fourth-order valence-corrected chi connectivity index (χ4v) is 3.21. The van der Waals surface area contributed by atoms with E-state index >= 15 is 0 Å². The second-order valence-corrected chi connectivity index (χ2v) is 4.71. The summed E-state index contributed by atoms with van der Waals surface area (Å²) < 4.78 is 0. The van der Waals surface area contributed by atoms with Gasteiger partial charge in [0.2, 0.25) is 0 Å². The summed E-state index contributed by atoms with van der Waals surface area (Å²) in [4.78, 5) is 10.6. The highest BCUT2D eigenvalue weighted by Crippen LogP contribution is 2.59. The highest BCUT2D eigenvalue weighted by Gasteiger charge is 2.52. The number of fused-ring (bicyclic) bond motifs is 1. The van der Waals surface area contributed by atoms with Crippen molar-refractivity contribution >= 4 is 5.97 Å². The highest BCUT2D eigenvalue weighted by molar-refractivity contribution is 5.67. The molecule has 0 radical (unpaired) electrons. The summed E-state index contributed by atoms with van der Waals surface area (Å²) in [5, 5.41) is 8.69. The zero-order chi connectivity index (χ0) is 9.47. The molecule has 2 rings (SSSR count). The van der Waals surface area contributed by atoms with E-state index in [1.54, 1.807) is 0 Å². The quantitative estimate of drug-likeness (QED) is 0.691. The first-order valence-electron chi connectivity index (χ1n) is 5.08. The summed E-state index contributed by atoms with van der Waals surface area (Å²) in [6.07, 6.45) is 5.00. The van der Waals surface area contributed by atoms with Gasteiger partial charge in [-0.1, -0.05) is 0 Å². The second kappa shape index (κ2) is 2.98. The van der Waals surface area contributed by atoms with Crippen LogP contribution in [0.2, 0.25) is 0 Å². The number of nitrogens with two attached hydrogens (primary N) is 1. The lowest BCUT2D eigenvalue weighted by Gasteiger charge is -2.44. The molecular formula is C10H17NO2. The Hall–Kier alpha value is -0.570. The van der Waals surface area contributed by atoms with Crippen LogP contribution in [0, 0.1) is 17.3 Å². The smallest absolute Gasteiger partial charge is 0.303 e. The van der Waals surface area contributed by atoms with E-state index in [0.717, 1.165) is 25.3 Å². The van der Waals surface area contributed by atoms with E-state index in [-0.39, 0.29) is 0 Å². The van der Waals surface area contributed by atoms with Crippen molar-refractivity contribution in [2.45, 2.75) is 32.1 Å². The maximum Gasteiger partial charge on any atom is 0.303 e. The van der Waals surface area contributed by atoms with Gasteiger partial charge in [-0.25, -0.2) is 0 Å². The lowest BCUT2D eigenvalue weighted by molar-refractivity contribution is -0.138. The molecule has 0 aromatic heterocycles. The molecule has 0 heterocycles. The summed E-state index contributed by atoms with van der Waals surface area (Å²) in [6.45, 7) is 0.758. The van der Waals surface area contributed by atoms with Gasteiger partial charge in [0.25, 0.3) is 0 Å². The van der Waals surface area contributed by atoms with Gasteiger partial charge in [-0.15, -0.1) is 0 Å². The van der Waals surface area contributed by atoms with Crippen LogP contribution in [0.15, 0.2) is 0 Å². The Bertz CT molecular complexity index is 225. The molecule has 74 valence electrons. The maximum absolute atomic E-state index is 10.6. The molecule has 2 fully saturated rings. The second-order valence-electron chi connectivity index (χ2n) is 4.71. The van der Waals surface area contributed by atoms with Gasteiger partial charge in [-0.05, 0) is 49.5 Å². The molecule has 0 aromatic rings. The van der Waals surface area contributed by atoms with Crippen LogP contribution in [0.5, 0.6) is 0 Å². The molecule has 3 atom stereocenters. The first-order valence-corrected chi connectivity index (χ1v) is 5.08. The summed E-state index contributed by atoms with van der Waals surface area (Å²) in [5.41, 5.74) is 6.10. The average Bonchev–Trinajstić information content (AvgIpc) is 2.27. The van der Waals surface area contributed by atoms with Gasteiger partial charge in [0.15, 0.2) is 0 Å². The highest BCUT2D eigenvalue weighted by atomic mass is 16.4. The van der Waals surface area contributed by atoms with E-state index in [4.69, 9.17) is 10.8 Å². The Balaban J connectivity index is 1.96. The zero-order valence-electron chi connectivity index (χ0n) is 7.83. The van der Waals surface area contributed by atoms with E-state index in [1.807, 2.05) is 0 Å². The van der Waals surface area contributed by atoms with E-state index in [9.17, 15) is 4.79 Å². The Morgan fingerprint density at radius 3 is 2.77 bits per heavy atom. The van der Waals surface area contributed by atoms with Crippen LogP contribution in [0.4, 0.5) is 0 Å². The van der Waals surface area contributed by atoms with Crippen molar-refractivity contribution in [3.05, 3.63) is 0 Å². The normalized spacial score (nSPS) is 42.5. The number of hydrogen-bond donors (Lipinski definition) is 2. The lowest BCUT2D eigenvalue weighted by atomic mass is 9.62. The molecule has 0 aliphatic heterocycles. The molecule has 13 heavy (non-hydrogen) atoms. The van der Waals surface area contributed by atoms with Gasteiger partial charge in [-0.2, -0.15) is 0 Å². The van der Waals surface area contributed by atoms with Gasteiger partial charge < -0.3 is 10.8 Å². The van der Waals surface area contributed by atoms with Gasteiger partial charge >= 0.3 is 5.97 Å². The Morgan fingerprint density at radius 1 is 1.62 bits per heavy atom. The predicted octanol–water partition coefficient (Wildman–Crippen LogP) is 1.23. The molecule has 0 saturated heterocycles. The van der Waals surface area contributed by atoms with Gasteiger partial charge in [0.05, 0.1) is 0 Å². The Kier molecular flexibility index (Phi) is 2.06. The van der Waals surface area contributed by atoms with Crippen LogP contribution < -0.4 is 5.73 Å². The van der Waals surface area contributed by atoms with E-state index < -0.39 is 5.97 Å². The molecule has 2 aliphatic rings.